The van der Waals surface area contributed by atoms with E-state index in [0.717, 1.165) is 29.1 Å². The zero-order valence-electron chi connectivity index (χ0n) is 19.9. The van der Waals surface area contributed by atoms with Crippen molar-refractivity contribution in [1.29, 1.82) is 0 Å². The van der Waals surface area contributed by atoms with E-state index in [-0.39, 0.29) is 22.1 Å². The molecular formula is C26H29NO6S. The highest BCUT2D eigenvalue weighted by molar-refractivity contribution is 7.93. The van der Waals surface area contributed by atoms with Crippen LogP contribution in [0.5, 0.6) is 0 Å². The lowest BCUT2D eigenvalue weighted by atomic mass is 9.88. The van der Waals surface area contributed by atoms with Crippen LogP contribution in [0.25, 0.3) is 11.0 Å². The molecule has 0 radical (unpaired) electrons. The maximum atomic E-state index is 14.0. The molecule has 1 aliphatic rings. The summed E-state index contributed by atoms with van der Waals surface area (Å²) in [5, 5.41) is 0.402. The van der Waals surface area contributed by atoms with Crippen LogP contribution in [0.4, 0.5) is 5.69 Å². The van der Waals surface area contributed by atoms with Crippen molar-refractivity contribution in [2.45, 2.75) is 57.8 Å². The number of esters is 1. The number of benzene rings is 2. The quantitative estimate of drug-likeness (QED) is 0.448. The summed E-state index contributed by atoms with van der Waals surface area (Å²) in [5.74, 6) is -1.05. The predicted molar refractivity (Wildman–Crippen MR) is 129 cm³/mol. The van der Waals surface area contributed by atoms with Gasteiger partial charge >= 0.3 is 5.97 Å². The smallest absolute Gasteiger partial charge is 0.342 e. The minimum atomic E-state index is -4.21. The number of hydrogen-bond acceptors (Lipinski definition) is 6. The van der Waals surface area contributed by atoms with Crippen LogP contribution in [0.3, 0.4) is 0 Å². The first-order valence-corrected chi connectivity index (χ1v) is 12.9. The zero-order valence-corrected chi connectivity index (χ0v) is 20.7. The Labute approximate surface area is 199 Å². The summed E-state index contributed by atoms with van der Waals surface area (Å²) in [7, 11) is -2.94. The van der Waals surface area contributed by atoms with Crippen LogP contribution < -0.4 is 4.31 Å². The molecule has 1 heterocycles. The Morgan fingerprint density at radius 3 is 2.35 bits per heavy atom. The molecule has 1 aliphatic carbocycles. The molecule has 1 amide bonds. The molecule has 1 fully saturated rings. The number of nitrogens with zero attached hydrogens (tertiary/aromatic N) is 1. The number of amides is 1. The van der Waals surface area contributed by atoms with E-state index in [1.807, 2.05) is 6.92 Å². The fraction of sp³-hybridized carbons (Fsp3) is 0.385. The standard InChI is InChI=1S/C26H29NO6S/c1-16-10-13-23(17(2)14-16)34(30,31)27(25(28)19-8-6-5-7-9-19)20-11-12-22-21(15-20)24(18(3)33-22)26(29)32-4/h10-15,19H,5-9H2,1-4H3. The fourth-order valence-corrected chi connectivity index (χ4v) is 6.46. The van der Waals surface area contributed by atoms with Gasteiger partial charge in [-0.15, -0.1) is 0 Å². The van der Waals surface area contributed by atoms with Gasteiger partial charge in [0.05, 0.1) is 17.7 Å². The Balaban J connectivity index is 1.91. The molecule has 0 aliphatic heterocycles. The summed E-state index contributed by atoms with van der Waals surface area (Å²) in [5.41, 5.74) is 2.30. The number of carbonyl (C=O) groups excluding carboxylic acids is 2. The van der Waals surface area contributed by atoms with E-state index in [0.29, 0.717) is 35.1 Å². The summed E-state index contributed by atoms with van der Waals surface area (Å²) in [4.78, 5) is 26.2. The normalized spacial score (nSPS) is 14.8. The van der Waals surface area contributed by atoms with Gasteiger partial charge in [0.1, 0.15) is 16.9 Å². The number of ether oxygens (including phenoxy) is 1. The topological polar surface area (TPSA) is 93.9 Å². The second kappa shape index (κ2) is 9.25. The van der Waals surface area contributed by atoms with Crippen LogP contribution in [0.2, 0.25) is 0 Å². The molecule has 0 spiro atoms. The van der Waals surface area contributed by atoms with Gasteiger partial charge in [-0.05, 0) is 63.4 Å². The lowest BCUT2D eigenvalue weighted by Crippen LogP contribution is -2.41. The first-order valence-electron chi connectivity index (χ1n) is 11.4. The summed E-state index contributed by atoms with van der Waals surface area (Å²) in [6.07, 6.45) is 4.12. The van der Waals surface area contributed by atoms with Crippen molar-refractivity contribution in [3.63, 3.8) is 0 Å². The van der Waals surface area contributed by atoms with Crippen LogP contribution in [-0.4, -0.2) is 27.4 Å². The Bertz CT molecular complexity index is 1370. The molecule has 7 nitrogen and oxygen atoms in total. The van der Waals surface area contributed by atoms with Gasteiger partial charge in [0.25, 0.3) is 10.0 Å². The van der Waals surface area contributed by atoms with Crippen LogP contribution in [0, 0.1) is 26.7 Å². The van der Waals surface area contributed by atoms with E-state index in [4.69, 9.17) is 9.15 Å². The predicted octanol–water partition coefficient (Wildman–Crippen LogP) is 5.45. The molecule has 180 valence electrons. The molecule has 2 aromatic carbocycles. The van der Waals surface area contributed by atoms with Gasteiger partial charge in [-0.1, -0.05) is 37.0 Å². The highest BCUT2D eigenvalue weighted by Gasteiger charge is 2.37. The van der Waals surface area contributed by atoms with Gasteiger partial charge in [-0.3, -0.25) is 4.79 Å². The van der Waals surface area contributed by atoms with Crippen molar-refractivity contribution in [2.24, 2.45) is 5.92 Å². The van der Waals surface area contributed by atoms with Crippen LogP contribution >= 0.6 is 0 Å². The maximum Gasteiger partial charge on any atom is 0.342 e. The second-order valence-electron chi connectivity index (χ2n) is 8.92. The molecule has 1 aromatic heterocycles. The number of fused-ring (bicyclic) bond motifs is 1. The maximum absolute atomic E-state index is 14.0. The van der Waals surface area contributed by atoms with Crippen LogP contribution in [-0.2, 0) is 19.6 Å². The third kappa shape index (κ3) is 4.22. The van der Waals surface area contributed by atoms with Gasteiger partial charge in [0.2, 0.25) is 5.91 Å². The average molecular weight is 484 g/mol. The molecule has 8 heteroatoms. The monoisotopic (exact) mass is 483 g/mol. The average Bonchev–Trinajstić information content (AvgIpc) is 3.13. The van der Waals surface area contributed by atoms with E-state index in [1.165, 1.54) is 13.2 Å². The van der Waals surface area contributed by atoms with Crippen molar-refractivity contribution in [2.75, 3.05) is 11.4 Å². The van der Waals surface area contributed by atoms with Gasteiger partial charge in [-0.2, -0.15) is 0 Å². The fourth-order valence-electron chi connectivity index (χ4n) is 4.78. The molecule has 0 saturated heterocycles. The summed E-state index contributed by atoms with van der Waals surface area (Å²) >= 11 is 0. The number of anilines is 1. The first-order chi connectivity index (χ1) is 16.1. The van der Waals surface area contributed by atoms with Gasteiger partial charge in [0.15, 0.2) is 0 Å². The zero-order chi connectivity index (χ0) is 24.6. The van der Waals surface area contributed by atoms with E-state index in [9.17, 15) is 18.0 Å². The third-order valence-electron chi connectivity index (χ3n) is 6.47. The second-order valence-corrected chi connectivity index (χ2v) is 10.7. The molecule has 4 rings (SSSR count). The Morgan fingerprint density at radius 2 is 1.71 bits per heavy atom. The van der Waals surface area contributed by atoms with Gasteiger partial charge < -0.3 is 9.15 Å². The molecule has 0 unspecified atom stereocenters. The number of aryl methyl sites for hydroxylation is 3. The molecule has 0 atom stereocenters. The summed E-state index contributed by atoms with van der Waals surface area (Å²) in [6, 6.07) is 9.72. The molecule has 3 aromatic rings. The lowest BCUT2D eigenvalue weighted by molar-refractivity contribution is -0.122. The highest BCUT2D eigenvalue weighted by Crippen LogP contribution is 2.36. The molecule has 34 heavy (non-hydrogen) atoms. The molecule has 0 bridgehead atoms. The molecule has 0 N–H and O–H groups in total. The van der Waals surface area contributed by atoms with E-state index in [1.54, 1.807) is 44.2 Å². The number of carbonyl (C=O) groups is 2. The SMILES string of the molecule is COC(=O)c1c(C)oc2ccc(N(C(=O)C3CCCCC3)S(=O)(=O)c3ccc(C)cc3C)cc12. The van der Waals surface area contributed by atoms with Crippen molar-refractivity contribution in [1.82, 2.24) is 0 Å². The minimum absolute atomic E-state index is 0.0823. The van der Waals surface area contributed by atoms with Crippen LogP contribution in [0.15, 0.2) is 45.7 Å². The molecule has 1 saturated carbocycles. The summed E-state index contributed by atoms with van der Waals surface area (Å²) in [6.45, 7) is 5.25. The van der Waals surface area contributed by atoms with Crippen molar-refractivity contribution in [3.8, 4) is 0 Å². The summed E-state index contributed by atoms with van der Waals surface area (Å²) < 4.78 is 39.4. The molecular weight excluding hydrogens is 454 g/mol. The number of sulfonamides is 1. The Hall–Kier alpha value is -3.13. The number of hydrogen-bond donors (Lipinski definition) is 0. The highest BCUT2D eigenvalue weighted by atomic mass is 32.2. The Morgan fingerprint density at radius 1 is 1.00 bits per heavy atom. The lowest BCUT2D eigenvalue weighted by Gasteiger charge is -2.29. The van der Waals surface area contributed by atoms with E-state index < -0.39 is 21.9 Å². The minimum Gasteiger partial charge on any atom is -0.465 e. The van der Waals surface area contributed by atoms with Crippen molar-refractivity contribution < 1.29 is 27.2 Å². The first kappa shape index (κ1) is 24.0. The number of rotatable bonds is 5. The van der Waals surface area contributed by atoms with E-state index in [2.05, 4.69) is 0 Å². The number of furan rings is 1. The van der Waals surface area contributed by atoms with E-state index >= 15 is 0 Å². The largest absolute Gasteiger partial charge is 0.465 e. The van der Waals surface area contributed by atoms with Gasteiger partial charge in [0, 0.05) is 11.3 Å². The van der Waals surface area contributed by atoms with Crippen molar-refractivity contribution in [3.05, 3.63) is 58.8 Å². The van der Waals surface area contributed by atoms with Gasteiger partial charge in [-0.25, -0.2) is 17.5 Å². The van der Waals surface area contributed by atoms with Crippen molar-refractivity contribution >= 4 is 38.6 Å². The number of methoxy groups -OCH3 is 1. The van der Waals surface area contributed by atoms with Crippen LogP contribution in [0.1, 0.15) is 59.3 Å². The third-order valence-corrected chi connectivity index (χ3v) is 8.36. The Kier molecular flexibility index (Phi) is 6.53.